The summed E-state index contributed by atoms with van der Waals surface area (Å²) in [6, 6.07) is 0. The molecule has 0 aromatic rings. The van der Waals surface area contributed by atoms with Gasteiger partial charge in [-0.15, -0.1) is 0 Å². The number of fused-ring (bicyclic) bond motifs is 5. The Bertz CT molecular complexity index is 447. The van der Waals surface area contributed by atoms with Crippen LogP contribution < -0.4 is 0 Å². The second-order valence-corrected chi connectivity index (χ2v) is 9.70. The average molecular weight is 315 g/mol. The molecule has 0 N–H and O–H groups in total. The van der Waals surface area contributed by atoms with Gasteiger partial charge in [-0.2, -0.15) is 0 Å². The van der Waals surface area contributed by atoms with E-state index in [1.807, 2.05) is 5.57 Å². The van der Waals surface area contributed by atoms with Crippen molar-refractivity contribution in [3.63, 3.8) is 0 Å². The van der Waals surface area contributed by atoms with Crippen LogP contribution >= 0.6 is 0 Å². The van der Waals surface area contributed by atoms with Gasteiger partial charge in [0, 0.05) is 0 Å². The molecule has 3 saturated carbocycles. The lowest BCUT2D eigenvalue weighted by atomic mass is 9.50. The summed E-state index contributed by atoms with van der Waals surface area (Å²) in [5, 5.41) is 0. The van der Waals surface area contributed by atoms with Crippen LogP contribution in [0, 0.1) is 35.0 Å². The number of hydrogen-bond donors (Lipinski definition) is 0. The molecule has 6 atom stereocenters. The van der Waals surface area contributed by atoms with E-state index < -0.39 is 0 Å². The van der Waals surface area contributed by atoms with Crippen molar-refractivity contribution >= 4 is 0 Å². The third-order valence-corrected chi connectivity index (χ3v) is 8.56. The number of hydrogen-bond acceptors (Lipinski definition) is 0. The van der Waals surface area contributed by atoms with E-state index in [0.717, 1.165) is 35.0 Å². The van der Waals surface area contributed by atoms with Gasteiger partial charge in [0.15, 0.2) is 0 Å². The standard InChI is InChI=1S/C23H38/c1-3-4-5-8-17-9-6-10-18-12-13-19-20(22(17)18)14-16-23(2)15-7-11-21(19)23/h10,17,19-22H,3-9,11-16H2,1-2H3/t17-,19-,20+,21+,22+,23+/m1/s1. The Morgan fingerprint density at radius 1 is 1.04 bits per heavy atom. The molecule has 0 amide bonds. The first-order chi connectivity index (χ1) is 11.2. The summed E-state index contributed by atoms with van der Waals surface area (Å²) in [6.45, 7) is 5.00. The Balaban J connectivity index is 1.53. The topological polar surface area (TPSA) is 0 Å². The van der Waals surface area contributed by atoms with E-state index in [1.54, 1.807) is 19.3 Å². The third-order valence-electron chi connectivity index (χ3n) is 8.56. The maximum atomic E-state index is 2.68. The minimum Gasteiger partial charge on any atom is -0.0850 e. The van der Waals surface area contributed by atoms with Gasteiger partial charge in [-0.05, 0) is 92.8 Å². The summed E-state index contributed by atoms with van der Waals surface area (Å²) < 4.78 is 0. The second kappa shape index (κ2) is 6.57. The van der Waals surface area contributed by atoms with E-state index in [2.05, 4.69) is 19.9 Å². The fraction of sp³-hybridized carbons (Fsp3) is 0.913. The number of unbranched alkanes of at least 4 members (excludes halogenated alkanes) is 2. The summed E-state index contributed by atoms with van der Waals surface area (Å²) in [4.78, 5) is 0. The fourth-order valence-corrected chi connectivity index (χ4v) is 7.48. The molecule has 4 aliphatic rings. The minimum absolute atomic E-state index is 0.731. The Labute approximate surface area is 144 Å². The lowest BCUT2D eigenvalue weighted by Crippen LogP contribution is -2.46. The normalized spacial score (nSPS) is 45.8. The van der Waals surface area contributed by atoms with Gasteiger partial charge in [0.25, 0.3) is 0 Å². The monoisotopic (exact) mass is 314 g/mol. The molecule has 0 spiro atoms. The van der Waals surface area contributed by atoms with E-state index in [0.29, 0.717) is 0 Å². The third kappa shape index (κ3) is 2.83. The Hall–Kier alpha value is -0.260. The largest absolute Gasteiger partial charge is 0.0850 e. The fourth-order valence-electron chi connectivity index (χ4n) is 7.48. The molecule has 0 heteroatoms. The van der Waals surface area contributed by atoms with Crippen LogP contribution in [-0.2, 0) is 0 Å². The zero-order chi connectivity index (χ0) is 15.9. The van der Waals surface area contributed by atoms with Gasteiger partial charge in [0.1, 0.15) is 0 Å². The predicted octanol–water partition coefficient (Wildman–Crippen LogP) is 7.15. The smallest absolute Gasteiger partial charge is 0.0144 e. The highest BCUT2D eigenvalue weighted by Gasteiger charge is 2.53. The molecule has 130 valence electrons. The molecule has 0 unspecified atom stereocenters. The lowest BCUT2D eigenvalue weighted by Gasteiger charge is -2.54. The quantitative estimate of drug-likeness (QED) is 0.382. The highest BCUT2D eigenvalue weighted by molar-refractivity contribution is 5.19. The number of rotatable bonds is 4. The first-order valence-corrected chi connectivity index (χ1v) is 10.9. The summed E-state index contributed by atoms with van der Waals surface area (Å²) in [5.74, 6) is 5.29. The van der Waals surface area contributed by atoms with Crippen molar-refractivity contribution in [1.82, 2.24) is 0 Å². The summed E-state index contributed by atoms with van der Waals surface area (Å²) in [6.07, 6.45) is 22.2. The van der Waals surface area contributed by atoms with E-state index >= 15 is 0 Å². The van der Waals surface area contributed by atoms with Gasteiger partial charge in [-0.1, -0.05) is 51.2 Å². The van der Waals surface area contributed by atoms with Crippen LogP contribution in [0.3, 0.4) is 0 Å². The van der Waals surface area contributed by atoms with Gasteiger partial charge >= 0.3 is 0 Å². The Morgan fingerprint density at radius 2 is 1.96 bits per heavy atom. The van der Waals surface area contributed by atoms with Crippen molar-refractivity contribution in [2.45, 2.75) is 97.3 Å². The first-order valence-electron chi connectivity index (χ1n) is 10.9. The molecule has 0 aromatic carbocycles. The maximum Gasteiger partial charge on any atom is -0.0144 e. The minimum atomic E-state index is 0.731. The van der Waals surface area contributed by atoms with Crippen LogP contribution in [0.15, 0.2) is 11.6 Å². The van der Waals surface area contributed by atoms with Gasteiger partial charge in [-0.3, -0.25) is 0 Å². The molecule has 3 fully saturated rings. The van der Waals surface area contributed by atoms with Crippen molar-refractivity contribution < 1.29 is 0 Å². The van der Waals surface area contributed by atoms with Crippen LogP contribution in [0.5, 0.6) is 0 Å². The molecule has 0 heterocycles. The van der Waals surface area contributed by atoms with Crippen LogP contribution in [0.4, 0.5) is 0 Å². The van der Waals surface area contributed by atoms with Crippen LogP contribution in [-0.4, -0.2) is 0 Å². The highest BCUT2D eigenvalue weighted by Crippen LogP contribution is 2.62. The second-order valence-electron chi connectivity index (χ2n) is 9.70. The van der Waals surface area contributed by atoms with Gasteiger partial charge in [-0.25, -0.2) is 0 Å². The van der Waals surface area contributed by atoms with E-state index in [9.17, 15) is 0 Å². The van der Waals surface area contributed by atoms with E-state index in [1.165, 1.54) is 64.2 Å². The van der Waals surface area contributed by atoms with Crippen molar-refractivity contribution in [2.24, 2.45) is 35.0 Å². The van der Waals surface area contributed by atoms with E-state index in [-0.39, 0.29) is 0 Å². The molecule has 0 radical (unpaired) electrons. The molecule has 4 rings (SSSR count). The predicted molar refractivity (Wildman–Crippen MR) is 99.3 cm³/mol. The first kappa shape index (κ1) is 16.2. The van der Waals surface area contributed by atoms with Gasteiger partial charge < -0.3 is 0 Å². The van der Waals surface area contributed by atoms with Crippen molar-refractivity contribution in [3.8, 4) is 0 Å². The summed E-state index contributed by atoms with van der Waals surface area (Å²) >= 11 is 0. The van der Waals surface area contributed by atoms with Crippen molar-refractivity contribution in [3.05, 3.63) is 11.6 Å². The van der Waals surface area contributed by atoms with Crippen molar-refractivity contribution in [2.75, 3.05) is 0 Å². The molecule has 0 saturated heterocycles. The Morgan fingerprint density at radius 3 is 2.83 bits per heavy atom. The molecule has 0 aliphatic heterocycles. The molecule has 23 heavy (non-hydrogen) atoms. The van der Waals surface area contributed by atoms with Crippen LogP contribution in [0.2, 0.25) is 0 Å². The Kier molecular flexibility index (Phi) is 4.63. The maximum absolute atomic E-state index is 2.68. The van der Waals surface area contributed by atoms with E-state index in [4.69, 9.17) is 0 Å². The molecule has 0 aromatic heterocycles. The lowest BCUT2D eigenvalue weighted by molar-refractivity contribution is -0.0158. The number of allylic oxidation sites excluding steroid dienone is 2. The SMILES string of the molecule is CCCCC[C@@H]1CCC=C2CC[C@@H]3[C@H](CC[C@]4(C)CCC[C@@H]34)[C@H]21. The van der Waals surface area contributed by atoms with Crippen LogP contribution in [0.25, 0.3) is 0 Å². The molecule has 0 bridgehead atoms. The zero-order valence-corrected chi connectivity index (χ0v) is 15.7. The molecular formula is C23H38. The molecule has 4 aliphatic carbocycles. The highest BCUT2D eigenvalue weighted by atomic mass is 14.6. The zero-order valence-electron chi connectivity index (χ0n) is 15.7. The summed E-state index contributed by atoms with van der Waals surface area (Å²) in [5.41, 5.74) is 2.65. The summed E-state index contributed by atoms with van der Waals surface area (Å²) in [7, 11) is 0. The van der Waals surface area contributed by atoms with Gasteiger partial charge in [0.2, 0.25) is 0 Å². The average Bonchev–Trinajstić information content (AvgIpc) is 2.96. The molecule has 0 nitrogen and oxygen atoms in total. The van der Waals surface area contributed by atoms with Crippen LogP contribution in [0.1, 0.15) is 97.3 Å². The van der Waals surface area contributed by atoms with Gasteiger partial charge in [0.05, 0.1) is 0 Å². The molecular weight excluding hydrogens is 276 g/mol. The van der Waals surface area contributed by atoms with Crippen molar-refractivity contribution in [1.29, 1.82) is 0 Å².